The summed E-state index contributed by atoms with van der Waals surface area (Å²) in [6.07, 6.45) is 0. The fourth-order valence-corrected chi connectivity index (χ4v) is 5.43. The number of nitrogens with zero attached hydrogens (tertiary/aromatic N) is 4. The third-order valence-corrected chi connectivity index (χ3v) is 7.40. The Labute approximate surface area is 226 Å². The van der Waals surface area contributed by atoms with Crippen molar-refractivity contribution in [2.75, 3.05) is 11.1 Å². The van der Waals surface area contributed by atoms with Crippen molar-refractivity contribution in [3.63, 3.8) is 0 Å². The fraction of sp³-hybridized carbons (Fsp3) is 0.208. The largest absolute Gasteiger partial charge is 0.342 e. The van der Waals surface area contributed by atoms with Crippen LogP contribution in [0.2, 0.25) is 10.0 Å². The molecule has 2 amide bonds. The zero-order chi connectivity index (χ0) is 25.7. The third kappa shape index (κ3) is 6.25. The van der Waals surface area contributed by atoms with E-state index < -0.39 is 6.04 Å². The second kappa shape index (κ2) is 11.9. The van der Waals surface area contributed by atoms with E-state index >= 15 is 0 Å². The molecule has 2 aromatic carbocycles. The van der Waals surface area contributed by atoms with Crippen molar-refractivity contribution in [2.45, 2.75) is 31.6 Å². The molecule has 1 atom stereocenters. The van der Waals surface area contributed by atoms with Crippen molar-refractivity contribution < 1.29 is 9.59 Å². The van der Waals surface area contributed by atoms with E-state index in [4.69, 9.17) is 23.2 Å². The van der Waals surface area contributed by atoms with E-state index in [9.17, 15) is 9.59 Å². The van der Waals surface area contributed by atoms with E-state index in [1.54, 1.807) is 12.1 Å². The summed E-state index contributed by atoms with van der Waals surface area (Å²) in [5, 5.41) is 17.9. The highest BCUT2D eigenvalue weighted by Crippen LogP contribution is 2.26. The number of hydrogen-bond acceptors (Lipinski definition) is 7. The Morgan fingerprint density at radius 1 is 1.14 bits per heavy atom. The molecule has 0 saturated carbocycles. The van der Waals surface area contributed by atoms with E-state index in [0.29, 0.717) is 33.2 Å². The Kier molecular flexibility index (Phi) is 8.63. The minimum atomic E-state index is -0.438. The first-order chi connectivity index (χ1) is 17.4. The lowest BCUT2D eigenvalue weighted by molar-refractivity contribution is -0.113. The van der Waals surface area contributed by atoms with Crippen molar-refractivity contribution >= 4 is 63.2 Å². The second-order valence-corrected chi connectivity index (χ2v) is 10.3. The summed E-state index contributed by atoms with van der Waals surface area (Å²) in [6.45, 7) is 4.33. The molecule has 0 saturated heterocycles. The highest BCUT2D eigenvalue weighted by Gasteiger charge is 2.21. The van der Waals surface area contributed by atoms with Crippen LogP contribution in [0.3, 0.4) is 0 Å². The van der Waals surface area contributed by atoms with Gasteiger partial charge in [0.25, 0.3) is 5.91 Å². The Morgan fingerprint density at radius 3 is 2.64 bits per heavy atom. The molecule has 0 radical (unpaired) electrons. The number of carbonyl (C=O) groups excluding carboxylic acids is 2. The molecule has 0 aliphatic carbocycles. The molecule has 2 N–H and O–H groups in total. The molecule has 2 heterocycles. The molecule has 4 aromatic rings. The molecule has 8 nitrogen and oxygen atoms in total. The fourth-order valence-electron chi connectivity index (χ4n) is 3.40. The van der Waals surface area contributed by atoms with Gasteiger partial charge in [0, 0.05) is 22.5 Å². The van der Waals surface area contributed by atoms with Gasteiger partial charge in [-0.15, -0.1) is 21.5 Å². The van der Waals surface area contributed by atoms with Gasteiger partial charge in [0.15, 0.2) is 16.1 Å². The number of amides is 2. The summed E-state index contributed by atoms with van der Waals surface area (Å²) < 4.78 is 1.86. The van der Waals surface area contributed by atoms with E-state index in [1.165, 1.54) is 29.2 Å². The minimum absolute atomic E-state index is 0.138. The van der Waals surface area contributed by atoms with Crippen molar-refractivity contribution in [2.24, 2.45) is 0 Å². The van der Waals surface area contributed by atoms with Crippen LogP contribution in [0.5, 0.6) is 0 Å². The maximum Gasteiger partial charge on any atom is 0.253 e. The number of nitrogens with one attached hydrogen (secondary N) is 2. The second-order valence-electron chi connectivity index (χ2n) is 7.65. The van der Waals surface area contributed by atoms with Crippen LogP contribution in [0.1, 0.15) is 36.1 Å². The van der Waals surface area contributed by atoms with Gasteiger partial charge < -0.3 is 15.2 Å². The Hall–Kier alpha value is -2.92. The van der Waals surface area contributed by atoms with Crippen molar-refractivity contribution in [3.05, 3.63) is 75.3 Å². The molecule has 0 aliphatic rings. The van der Waals surface area contributed by atoms with Gasteiger partial charge in [-0.1, -0.05) is 65.3 Å². The molecule has 12 heteroatoms. The number of aromatic nitrogens is 4. The summed E-state index contributed by atoms with van der Waals surface area (Å²) in [5.74, 6) is 0.173. The molecule has 0 bridgehead atoms. The van der Waals surface area contributed by atoms with Gasteiger partial charge in [0.05, 0.1) is 28.1 Å². The van der Waals surface area contributed by atoms with Crippen LogP contribution in [0, 0.1) is 0 Å². The molecular formula is C24H22Cl2N6O2S2. The number of thioether (sulfide) groups is 1. The van der Waals surface area contributed by atoms with Gasteiger partial charge in [-0.05, 0) is 32.0 Å². The van der Waals surface area contributed by atoms with E-state index in [0.717, 1.165) is 11.3 Å². The average Bonchev–Trinajstić information content (AvgIpc) is 3.50. The van der Waals surface area contributed by atoms with Gasteiger partial charge >= 0.3 is 0 Å². The van der Waals surface area contributed by atoms with Crippen molar-refractivity contribution in [1.82, 2.24) is 25.1 Å². The zero-order valence-corrected chi connectivity index (χ0v) is 22.5. The zero-order valence-electron chi connectivity index (χ0n) is 19.4. The van der Waals surface area contributed by atoms with Gasteiger partial charge in [0.2, 0.25) is 5.91 Å². The smallest absolute Gasteiger partial charge is 0.253 e. The Bertz CT molecular complexity index is 1380. The molecule has 186 valence electrons. The third-order valence-electron chi connectivity index (χ3n) is 5.12. The average molecular weight is 562 g/mol. The summed E-state index contributed by atoms with van der Waals surface area (Å²) in [7, 11) is 0. The monoisotopic (exact) mass is 560 g/mol. The first-order valence-corrected chi connectivity index (χ1v) is 13.6. The van der Waals surface area contributed by atoms with Gasteiger partial charge in [-0.3, -0.25) is 9.59 Å². The van der Waals surface area contributed by atoms with Crippen LogP contribution in [-0.4, -0.2) is 37.3 Å². The first-order valence-electron chi connectivity index (χ1n) is 11.0. The van der Waals surface area contributed by atoms with Crippen LogP contribution in [0.15, 0.2) is 59.1 Å². The summed E-state index contributed by atoms with van der Waals surface area (Å²) in [4.78, 5) is 29.7. The lowest BCUT2D eigenvalue weighted by atomic mass is 10.2. The van der Waals surface area contributed by atoms with Gasteiger partial charge in [0.1, 0.15) is 0 Å². The summed E-state index contributed by atoms with van der Waals surface area (Å²) in [5.41, 5.74) is 2.13. The Balaban J connectivity index is 1.36. The number of hydrogen-bond donors (Lipinski definition) is 2. The van der Waals surface area contributed by atoms with E-state index in [-0.39, 0.29) is 22.6 Å². The molecule has 0 aliphatic heterocycles. The normalized spacial score (nSPS) is 11.8. The summed E-state index contributed by atoms with van der Waals surface area (Å²) >= 11 is 14.7. The van der Waals surface area contributed by atoms with E-state index in [1.807, 2.05) is 54.1 Å². The number of carbonyl (C=O) groups is 2. The van der Waals surface area contributed by atoms with E-state index in [2.05, 4.69) is 25.8 Å². The molecular weight excluding hydrogens is 539 g/mol. The first kappa shape index (κ1) is 26.2. The standard InChI is InChI=1S/C24H22Cl2N6O2S2/c1-3-32-21(14(2)27-22(34)17-10-9-16(25)11-18(17)26)30-31-24(32)36-13-20(33)29-23-28-19(12-35-23)15-7-5-4-6-8-15/h4-12,14H,3,13H2,1-2H3,(H,27,34)(H,28,29,33). The summed E-state index contributed by atoms with van der Waals surface area (Å²) in [6, 6.07) is 14.0. The maximum absolute atomic E-state index is 12.7. The quantitative estimate of drug-likeness (QED) is 0.245. The van der Waals surface area contributed by atoms with Crippen LogP contribution in [0.25, 0.3) is 11.3 Å². The van der Waals surface area contributed by atoms with Crippen LogP contribution in [0.4, 0.5) is 5.13 Å². The highest BCUT2D eigenvalue weighted by atomic mass is 35.5. The lowest BCUT2D eigenvalue weighted by Gasteiger charge is -2.15. The number of rotatable bonds is 9. The molecule has 0 spiro atoms. The molecule has 1 unspecified atom stereocenters. The topological polar surface area (TPSA) is 102 Å². The SMILES string of the molecule is CCn1c(SCC(=O)Nc2nc(-c3ccccc3)cs2)nnc1C(C)NC(=O)c1ccc(Cl)cc1Cl. The molecule has 0 fully saturated rings. The van der Waals surface area contributed by atoms with Crippen LogP contribution >= 0.6 is 46.3 Å². The molecule has 4 rings (SSSR count). The lowest BCUT2D eigenvalue weighted by Crippen LogP contribution is -2.29. The predicted octanol–water partition coefficient (Wildman–Crippen LogP) is 5.95. The van der Waals surface area contributed by atoms with Crippen LogP contribution in [-0.2, 0) is 11.3 Å². The number of thiazole rings is 1. The molecule has 36 heavy (non-hydrogen) atoms. The minimum Gasteiger partial charge on any atom is -0.342 e. The number of anilines is 1. The van der Waals surface area contributed by atoms with Crippen molar-refractivity contribution in [1.29, 1.82) is 0 Å². The Morgan fingerprint density at radius 2 is 1.92 bits per heavy atom. The highest BCUT2D eigenvalue weighted by molar-refractivity contribution is 7.99. The maximum atomic E-state index is 12.7. The number of halogens is 2. The van der Waals surface area contributed by atoms with Crippen molar-refractivity contribution in [3.8, 4) is 11.3 Å². The van der Waals surface area contributed by atoms with Gasteiger partial charge in [-0.2, -0.15) is 0 Å². The predicted molar refractivity (Wildman–Crippen MR) is 145 cm³/mol. The number of benzene rings is 2. The molecule has 2 aromatic heterocycles. The van der Waals surface area contributed by atoms with Crippen LogP contribution < -0.4 is 10.6 Å². The van der Waals surface area contributed by atoms with Gasteiger partial charge in [-0.25, -0.2) is 4.98 Å².